The Bertz CT molecular complexity index is 661. The van der Waals surface area contributed by atoms with Gasteiger partial charge >= 0.3 is 5.97 Å². The third-order valence-corrected chi connectivity index (χ3v) is 5.21. The van der Waals surface area contributed by atoms with Crippen LogP contribution in [0.2, 0.25) is 0 Å². The number of rotatable bonds is 1. The zero-order valence-corrected chi connectivity index (χ0v) is 11.1. The fourth-order valence-electron chi connectivity index (χ4n) is 1.98. The number of carboxylic acid groups (broad SMARTS) is 1. The number of aromatic carboxylic acids is 1. The first kappa shape index (κ1) is 11.7. The first-order valence-electron chi connectivity index (χ1n) is 5.35. The molecule has 2 nitrogen and oxygen atoms in total. The quantitative estimate of drug-likeness (QED) is 0.852. The number of thioether (sulfide) groups is 1. The molecular weight excluding hydrogens is 271 g/mol. The van der Waals surface area contributed by atoms with Gasteiger partial charge in [-0.05, 0) is 36.2 Å². The lowest BCUT2D eigenvalue weighted by atomic mass is 10.1. The van der Waals surface area contributed by atoms with Gasteiger partial charge in [0.1, 0.15) is 10.7 Å². The molecular formula is C13H9FO2S2. The fourth-order valence-corrected chi connectivity index (χ4v) is 4.30. The second-order valence-electron chi connectivity index (χ2n) is 4.16. The highest BCUT2D eigenvalue weighted by molar-refractivity contribution is 7.98. The normalized spacial score (nSPS) is 13.0. The molecule has 0 aliphatic carbocycles. The summed E-state index contributed by atoms with van der Waals surface area (Å²) in [5.74, 6) is -0.419. The Hall–Kier alpha value is -1.33. The fraction of sp³-hybridized carbons (Fsp3) is 0.154. The molecule has 18 heavy (non-hydrogen) atoms. The molecule has 0 saturated heterocycles. The summed E-state index contributed by atoms with van der Waals surface area (Å²) in [6.07, 6.45) is 0. The molecule has 5 heteroatoms. The Morgan fingerprint density at radius 2 is 2.17 bits per heavy atom. The van der Waals surface area contributed by atoms with Gasteiger partial charge in [0, 0.05) is 21.1 Å². The molecule has 1 aliphatic rings. The molecule has 0 atom stereocenters. The van der Waals surface area contributed by atoms with Crippen LogP contribution in [0.15, 0.2) is 23.1 Å². The molecule has 0 unspecified atom stereocenters. The smallest absolute Gasteiger partial charge is 0.345 e. The second kappa shape index (κ2) is 4.10. The van der Waals surface area contributed by atoms with Crippen molar-refractivity contribution in [3.05, 3.63) is 40.0 Å². The number of halogens is 1. The molecule has 0 bridgehead atoms. The van der Waals surface area contributed by atoms with Gasteiger partial charge in [0.15, 0.2) is 0 Å². The number of thiophene rings is 1. The molecule has 0 radical (unpaired) electrons. The lowest BCUT2D eigenvalue weighted by molar-refractivity contribution is 0.0702. The number of fused-ring (bicyclic) bond motifs is 3. The zero-order chi connectivity index (χ0) is 12.9. The summed E-state index contributed by atoms with van der Waals surface area (Å²) in [5.41, 5.74) is 2.43. The number of hydrogen-bond acceptors (Lipinski definition) is 3. The van der Waals surface area contributed by atoms with Gasteiger partial charge in [0.2, 0.25) is 0 Å². The average molecular weight is 280 g/mol. The van der Waals surface area contributed by atoms with Gasteiger partial charge in [-0.25, -0.2) is 9.18 Å². The molecule has 1 aromatic heterocycles. The summed E-state index contributed by atoms with van der Waals surface area (Å²) in [5, 5.41) is 9.01. The number of aryl methyl sites for hydroxylation is 1. The van der Waals surface area contributed by atoms with Crippen LogP contribution in [0.4, 0.5) is 4.39 Å². The topological polar surface area (TPSA) is 37.3 Å². The van der Waals surface area contributed by atoms with Crippen molar-refractivity contribution in [2.24, 2.45) is 0 Å². The van der Waals surface area contributed by atoms with E-state index in [2.05, 4.69) is 0 Å². The Morgan fingerprint density at radius 3 is 2.89 bits per heavy atom. The van der Waals surface area contributed by atoms with Crippen LogP contribution in [0.1, 0.15) is 20.8 Å². The maximum atomic E-state index is 13.6. The molecule has 1 aromatic carbocycles. The monoisotopic (exact) mass is 280 g/mol. The van der Waals surface area contributed by atoms with E-state index in [4.69, 9.17) is 5.11 Å². The van der Waals surface area contributed by atoms with Gasteiger partial charge in [0.05, 0.1) is 0 Å². The maximum absolute atomic E-state index is 13.6. The van der Waals surface area contributed by atoms with Gasteiger partial charge in [-0.2, -0.15) is 0 Å². The van der Waals surface area contributed by atoms with E-state index in [0.717, 1.165) is 26.7 Å². The van der Waals surface area contributed by atoms with E-state index >= 15 is 0 Å². The predicted molar refractivity (Wildman–Crippen MR) is 71.0 cm³/mol. The third kappa shape index (κ3) is 1.74. The molecule has 2 aromatic rings. The lowest BCUT2D eigenvalue weighted by Gasteiger charge is -2.16. The third-order valence-electron chi connectivity index (χ3n) is 2.91. The van der Waals surface area contributed by atoms with Crippen LogP contribution >= 0.6 is 23.1 Å². The van der Waals surface area contributed by atoms with Crippen molar-refractivity contribution in [2.45, 2.75) is 17.6 Å². The van der Waals surface area contributed by atoms with Crippen molar-refractivity contribution in [1.29, 1.82) is 0 Å². The van der Waals surface area contributed by atoms with E-state index in [9.17, 15) is 9.18 Å². The molecule has 92 valence electrons. The largest absolute Gasteiger partial charge is 0.477 e. The van der Waals surface area contributed by atoms with E-state index in [1.165, 1.54) is 17.4 Å². The number of benzene rings is 1. The Morgan fingerprint density at radius 1 is 1.39 bits per heavy atom. The zero-order valence-electron chi connectivity index (χ0n) is 9.49. The van der Waals surface area contributed by atoms with Crippen LogP contribution in [-0.2, 0) is 5.75 Å². The van der Waals surface area contributed by atoms with E-state index in [-0.39, 0.29) is 5.82 Å². The van der Waals surface area contributed by atoms with Gasteiger partial charge in [-0.3, -0.25) is 0 Å². The molecule has 1 aliphatic heterocycles. The minimum absolute atomic E-state index is 0.243. The number of carboxylic acids is 1. The summed E-state index contributed by atoms with van der Waals surface area (Å²) in [6, 6.07) is 5.03. The average Bonchev–Trinajstić information content (AvgIpc) is 2.75. The summed E-state index contributed by atoms with van der Waals surface area (Å²) in [6.45, 7) is 1.74. The van der Waals surface area contributed by atoms with Crippen molar-refractivity contribution >= 4 is 29.1 Å². The first-order chi connectivity index (χ1) is 8.56. The molecule has 0 fully saturated rings. The Kier molecular flexibility index (Phi) is 2.68. The molecule has 3 rings (SSSR count). The van der Waals surface area contributed by atoms with E-state index in [1.807, 2.05) is 6.07 Å². The summed E-state index contributed by atoms with van der Waals surface area (Å²) in [4.78, 5) is 13.2. The van der Waals surface area contributed by atoms with E-state index in [1.54, 1.807) is 24.8 Å². The van der Waals surface area contributed by atoms with Gasteiger partial charge < -0.3 is 5.11 Å². The maximum Gasteiger partial charge on any atom is 0.345 e. The lowest BCUT2D eigenvalue weighted by Crippen LogP contribution is -1.94. The standard InChI is InChI=1S/C13H9FO2S2/c1-6-2-10-8(4-9(6)14)12-7(5-17-10)3-11(18-12)13(15)16/h2-4H,5H2,1H3,(H,15,16). The van der Waals surface area contributed by atoms with Gasteiger partial charge in [-0.1, -0.05) is 0 Å². The summed E-state index contributed by atoms with van der Waals surface area (Å²) >= 11 is 2.85. The highest BCUT2D eigenvalue weighted by atomic mass is 32.2. The first-order valence-corrected chi connectivity index (χ1v) is 7.16. The van der Waals surface area contributed by atoms with Gasteiger partial charge in [-0.15, -0.1) is 23.1 Å². The SMILES string of the molecule is Cc1cc2c(cc1F)-c1sc(C(=O)O)cc1CS2. The van der Waals surface area contributed by atoms with Crippen LogP contribution in [-0.4, -0.2) is 11.1 Å². The molecule has 1 N–H and O–H groups in total. The minimum atomic E-state index is -0.923. The molecule has 0 saturated carbocycles. The van der Waals surface area contributed by atoms with Crippen LogP contribution in [0, 0.1) is 12.7 Å². The van der Waals surface area contributed by atoms with E-state index < -0.39 is 5.97 Å². The van der Waals surface area contributed by atoms with Gasteiger partial charge in [0.25, 0.3) is 0 Å². The van der Waals surface area contributed by atoms with Crippen molar-refractivity contribution in [2.75, 3.05) is 0 Å². The van der Waals surface area contributed by atoms with Crippen LogP contribution in [0.3, 0.4) is 0 Å². The second-order valence-corrected chi connectivity index (χ2v) is 6.23. The van der Waals surface area contributed by atoms with Crippen LogP contribution < -0.4 is 0 Å². The highest BCUT2D eigenvalue weighted by Gasteiger charge is 2.23. The molecule has 2 heterocycles. The Labute approximate surface area is 111 Å². The number of hydrogen-bond donors (Lipinski definition) is 1. The number of carbonyl (C=O) groups is 1. The van der Waals surface area contributed by atoms with Crippen LogP contribution in [0.5, 0.6) is 0 Å². The molecule has 0 spiro atoms. The summed E-state index contributed by atoms with van der Waals surface area (Å²) in [7, 11) is 0. The predicted octanol–water partition coefficient (Wildman–Crippen LogP) is 4.17. The van der Waals surface area contributed by atoms with Crippen molar-refractivity contribution in [3.8, 4) is 10.4 Å². The van der Waals surface area contributed by atoms with Crippen LogP contribution in [0.25, 0.3) is 10.4 Å². The summed E-state index contributed by atoms with van der Waals surface area (Å²) < 4.78 is 13.6. The Balaban J connectivity index is 2.21. The van der Waals surface area contributed by atoms with Crippen molar-refractivity contribution in [1.82, 2.24) is 0 Å². The highest BCUT2D eigenvalue weighted by Crippen LogP contribution is 2.46. The van der Waals surface area contributed by atoms with Crippen molar-refractivity contribution < 1.29 is 14.3 Å². The molecule has 0 amide bonds. The minimum Gasteiger partial charge on any atom is -0.477 e. The van der Waals surface area contributed by atoms with Crippen molar-refractivity contribution in [3.63, 3.8) is 0 Å². The van der Waals surface area contributed by atoms with E-state index in [0.29, 0.717) is 10.4 Å².